The summed E-state index contributed by atoms with van der Waals surface area (Å²) in [6.07, 6.45) is 3.01. The molecule has 2 bridgehead atoms. The lowest BCUT2D eigenvalue weighted by atomic mass is 9.71. The maximum Gasteiger partial charge on any atom is 0.261 e. The molecule has 4 aromatic carbocycles. The lowest BCUT2D eigenvalue weighted by molar-refractivity contribution is -0.0819. The summed E-state index contributed by atoms with van der Waals surface area (Å²) in [7, 11) is 2.42. The second-order valence-corrected chi connectivity index (χ2v) is 21.2. The Morgan fingerprint density at radius 1 is 0.897 bits per heavy atom. The predicted molar refractivity (Wildman–Crippen MR) is 226 cm³/mol. The van der Waals surface area contributed by atoms with E-state index in [-0.39, 0.29) is 36.7 Å². The van der Waals surface area contributed by atoms with E-state index in [1.165, 1.54) is 10.4 Å². The van der Waals surface area contributed by atoms with E-state index in [2.05, 4.69) is 117 Å². The predicted octanol–water partition coefficient (Wildman–Crippen LogP) is 6.94. The Kier molecular flexibility index (Phi) is 10.8. The van der Waals surface area contributed by atoms with Crippen molar-refractivity contribution in [2.45, 2.75) is 82.7 Å². The molecule has 11 heteroatoms. The van der Waals surface area contributed by atoms with Gasteiger partial charge in [-0.3, -0.25) is 9.80 Å². The van der Waals surface area contributed by atoms with Crippen LogP contribution in [0.25, 0.3) is 0 Å². The number of hydrogen-bond acceptors (Lipinski definition) is 10. The average Bonchev–Trinajstić information content (AvgIpc) is 3.71. The van der Waals surface area contributed by atoms with Crippen LogP contribution in [0.1, 0.15) is 66.2 Å². The number of nitrogens with zero attached hydrogens (tertiary/aromatic N) is 3. The average molecular weight is 802 g/mol. The molecule has 1 fully saturated rings. The molecule has 58 heavy (non-hydrogen) atoms. The van der Waals surface area contributed by atoms with Gasteiger partial charge < -0.3 is 32.8 Å². The first kappa shape index (κ1) is 40.0. The number of nitriles is 1. The molecule has 0 saturated carbocycles. The maximum absolute atomic E-state index is 11.4. The van der Waals surface area contributed by atoms with Crippen LogP contribution in [0.4, 0.5) is 0 Å². The Balaban J connectivity index is 1.38. The van der Waals surface area contributed by atoms with E-state index in [1.807, 2.05) is 13.8 Å². The minimum Gasteiger partial charge on any atom is -0.493 e. The minimum absolute atomic E-state index is 0.0707. The number of benzene rings is 4. The summed E-state index contributed by atoms with van der Waals surface area (Å²) in [4.78, 5) is 4.83. The van der Waals surface area contributed by atoms with Crippen LogP contribution in [0.5, 0.6) is 28.7 Å². The first-order valence-electron chi connectivity index (χ1n) is 20.2. The highest BCUT2D eigenvalue weighted by molar-refractivity contribution is 6.99. The highest BCUT2D eigenvalue weighted by atomic mass is 28.4. The van der Waals surface area contributed by atoms with Crippen LogP contribution in [-0.2, 0) is 22.0 Å². The highest BCUT2D eigenvalue weighted by Crippen LogP contribution is 2.59. The molecule has 8 rings (SSSR count). The van der Waals surface area contributed by atoms with Gasteiger partial charge in [0.2, 0.25) is 6.79 Å². The van der Waals surface area contributed by atoms with Gasteiger partial charge in [-0.05, 0) is 60.3 Å². The summed E-state index contributed by atoms with van der Waals surface area (Å²) < 4.78 is 45.1. The van der Waals surface area contributed by atoms with Crippen molar-refractivity contribution >= 4 is 18.7 Å². The molecule has 0 amide bonds. The molecule has 4 aliphatic heterocycles. The van der Waals surface area contributed by atoms with E-state index >= 15 is 0 Å². The van der Waals surface area contributed by atoms with Gasteiger partial charge in [0, 0.05) is 41.4 Å². The van der Waals surface area contributed by atoms with Crippen LogP contribution < -0.4 is 34.1 Å². The zero-order chi connectivity index (χ0) is 40.9. The van der Waals surface area contributed by atoms with Gasteiger partial charge >= 0.3 is 0 Å². The summed E-state index contributed by atoms with van der Waals surface area (Å²) >= 11 is 0. The molecule has 4 aromatic rings. The number of methoxy groups -OCH3 is 2. The second-order valence-electron chi connectivity index (χ2n) is 16.9. The Morgan fingerprint density at radius 2 is 1.57 bits per heavy atom. The van der Waals surface area contributed by atoms with Crippen LogP contribution in [0.2, 0.25) is 5.04 Å². The van der Waals surface area contributed by atoms with Crippen LogP contribution in [0.15, 0.2) is 79.4 Å². The van der Waals surface area contributed by atoms with Crippen LogP contribution >= 0.6 is 0 Å². The van der Waals surface area contributed by atoms with Crippen LogP contribution in [0, 0.1) is 25.2 Å². The lowest BCUT2D eigenvalue weighted by Gasteiger charge is -2.60. The Labute approximate surface area is 343 Å². The van der Waals surface area contributed by atoms with E-state index in [1.54, 1.807) is 20.3 Å². The fourth-order valence-electron chi connectivity index (χ4n) is 10.5. The number of likely N-dealkylation sites (N-methyl/N-ethyl adjacent to an activating group) is 1. The topological polar surface area (TPSA) is 94.9 Å². The zero-order valence-electron chi connectivity index (χ0n) is 35.0. The third-order valence-electron chi connectivity index (χ3n) is 12.8. The number of aryl methyl sites for hydroxylation is 1. The number of ether oxygens (including phenoxy) is 6. The summed E-state index contributed by atoms with van der Waals surface area (Å²) in [5.74, 6) is 3.52. The van der Waals surface area contributed by atoms with E-state index in [0.29, 0.717) is 49.1 Å². The van der Waals surface area contributed by atoms with Crippen molar-refractivity contribution < 1.29 is 32.8 Å². The van der Waals surface area contributed by atoms with Crippen molar-refractivity contribution in [2.24, 2.45) is 0 Å². The van der Waals surface area contributed by atoms with Gasteiger partial charge in [-0.25, -0.2) is 0 Å². The fourth-order valence-corrected chi connectivity index (χ4v) is 15.1. The molecule has 1 saturated heterocycles. The van der Waals surface area contributed by atoms with E-state index in [0.717, 1.165) is 39.1 Å². The third-order valence-corrected chi connectivity index (χ3v) is 17.8. The molecule has 0 aromatic heterocycles. The van der Waals surface area contributed by atoms with Gasteiger partial charge in [0.25, 0.3) is 8.32 Å². The number of piperazine rings is 1. The minimum atomic E-state index is -3.04. The molecule has 0 N–H and O–H groups in total. The molecule has 1 unspecified atom stereocenters. The van der Waals surface area contributed by atoms with Gasteiger partial charge in [-0.1, -0.05) is 100 Å². The van der Waals surface area contributed by atoms with Gasteiger partial charge in [0.15, 0.2) is 29.8 Å². The molecular weight excluding hydrogens is 747 g/mol. The van der Waals surface area contributed by atoms with Crippen molar-refractivity contribution in [3.05, 3.63) is 113 Å². The van der Waals surface area contributed by atoms with E-state index < -0.39 is 20.4 Å². The molecule has 0 aliphatic carbocycles. The first-order valence-corrected chi connectivity index (χ1v) is 22.1. The first-order chi connectivity index (χ1) is 28.0. The summed E-state index contributed by atoms with van der Waals surface area (Å²) in [6.45, 7) is 15.7. The largest absolute Gasteiger partial charge is 0.493 e. The lowest BCUT2D eigenvalue weighted by Crippen LogP contribution is -2.70. The molecule has 4 heterocycles. The van der Waals surface area contributed by atoms with Crippen molar-refractivity contribution in [3.8, 4) is 34.8 Å². The molecule has 4 aliphatic rings. The number of hydrogen-bond donors (Lipinski definition) is 0. The van der Waals surface area contributed by atoms with Crippen molar-refractivity contribution in [3.63, 3.8) is 0 Å². The Hall–Kier alpha value is -4.83. The van der Waals surface area contributed by atoms with Gasteiger partial charge in [-0.2, -0.15) is 5.26 Å². The Morgan fingerprint density at radius 3 is 2.17 bits per heavy atom. The zero-order valence-corrected chi connectivity index (χ0v) is 36.0. The number of rotatable bonds is 12. The maximum atomic E-state index is 11.4. The quantitative estimate of drug-likeness (QED) is 0.0853. The SMILES string of the molecule is C=CCOc1c(C)c2c(c3c1C[C@H]1C4c5c(cc(C)c(OC)c5OCOC)C[C@@H]([C@H](C#N)N1[C@H]3CO[Si](c1ccccc1)(c1ccccc1)C(C)(C)C)N4C)OCO2. The molecule has 10 nitrogen and oxygen atoms in total. The van der Waals surface area contributed by atoms with Gasteiger partial charge in [0.05, 0.1) is 31.9 Å². The van der Waals surface area contributed by atoms with Crippen LogP contribution in [0.3, 0.4) is 0 Å². The monoisotopic (exact) mass is 801 g/mol. The second kappa shape index (κ2) is 15.7. The molecule has 0 radical (unpaired) electrons. The summed E-state index contributed by atoms with van der Waals surface area (Å²) in [6, 6.07) is 25.1. The van der Waals surface area contributed by atoms with Crippen molar-refractivity contribution in [1.82, 2.24) is 9.80 Å². The summed E-state index contributed by atoms with van der Waals surface area (Å²) in [5.41, 5.74) is 6.09. The van der Waals surface area contributed by atoms with Crippen molar-refractivity contribution in [1.29, 1.82) is 5.26 Å². The Bertz CT molecular complexity index is 2180. The van der Waals surface area contributed by atoms with Crippen LogP contribution in [-0.4, -0.2) is 84.3 Å². The smallest absolute Gasteiger partial charge is 0.261 e. The molecule has 304 valence electrons. The van der Waals surface area contributed by atoms with Gasteiger partial charge in [-0.15, -0.1) is 0 Å². The normalized spacial score (nSPS) is 22.3. The summed E-state index contributed by atoms with van der Waals surface area (Å²) in [5, 5.41) is 13.5. The van der Waals surface area contributed by atoms with Gasteiger partial charge in [0.1, 0.15) is 18.4 Å². The third kappa shape index (κ3) is 6.20. The highest BCUT2D eigenvalue weighted by Gasteiger charge is 2.58. The fraction of sp³-hybridized carbons (Fsp3) is 0.426. The standard InChI is InChI=1S/C47H55N3O7Si/c1-10-21-53-43-30(3)44-46(56-28-55-44)40-34(43)24-36-41-39-31(22-29(2)42(52-9)45(39)54-27-51-8)23-35(49(41)7)37(25-48)50(36)38(40)26-57-58(47(4,5)6,32-17-13-11-14-18-32)33-19-15-12-16-20-33/h10-20,22,35-38,41H,1,21,23-24,26-28H2,2-9H3/t35-,36-,37-,38-,41?/m0/s1. The number of fused-ring (bicyclic) bond motifs is 9. The molecule has 5 atom stereocenters. The molecule has 0 spiro atoms. The molecular formula is C47H55N3O7Si. The van der Waals surface area contributed by atoms with Crippen molar-refractivity contribution in [2.75, 3.05) is 48.1 Å². The van der Waals surface area contributed by atoms with E-state index in [9.17, 15) is 5.26 Å². The van der Waals surface area contributed by atoms with E-state index in [4.69, 9.17) is 32.8 Å².